The predicted octanol–water partition coefficient (Wildman–Crippen LogP) is 2.17. The highest BCUT2D eigenvalue weighted by molar-refractivity contribution is 5.15. The molecule has 0 saturated carbocycles. The summed E-state index contributed by atoms with van der Waals surface area (Å²) in [6.07, 6.45) is 3.74. The van der Waals surface area contributed by atoms with E-state index < -0.39 is 0 Å². The highest BCUT2D eigenvalue weighted by atomic mass is 16.3. The first-order valence-electron chi connectivity index (χ1n) is 5.42. The fourth-order valence-electron chi connectivity index (χ4n) is 1.72. The minimum absolute atomic E-state index is 0.217. The van der Waals surface area contributed by atoms with E-state index in [-0.39, 0.29) is 6.04 Å². The molecule has 0 radical (unpaired) electrons. The van der Waals surface area contributed by atoms with Crippen molar-refractivity contribution in [3.05, 3.63) is 41.6 Å². The predicted molar refractivity (Wildman–Crippen MR) is 61.9 cm³/mol. The van der Waals surface area contributed by atoms with E-state index in [1.165, 1.54) is 5.56 Å². The Morgan fingerprint density at radius 1 is 1.56 bits per heavy atom. The lowest BCUT2D eigenvalue weighted by Crippen LogP contribution is -2.17. The van der Waals surface area contributed by atoms with Crippen molar-refractivity contribution in [2.24, 2.45) is 7.05 Å². The van der Waals surface area contributed by atoms with Crippen LogP contribution in [-0.2, 0) is 13.6 Å². The molecule has 4 heteroatoms. The van der Waals surface area contributed by atoms with Gasteiger partial charge >= 0.3 is 0 Å². The van der Waals surface area contributed by atoms with Crippen molar-refractivity contribution in [2.45, 2.75) is 26.4 Å². The quantitative estimate of drug-likeness (QED) is 0.857. The molecule has 0 aliphatic rings. The van der Waals surface area contributed by atoms with Crippen LogP contribution >= 0.6 is 0 Å². The molecule has 0 saturated heterocycles. The fraction of sp³-hybridized carbons (Fsp3) is 0.417. The van der Waals surface area contributed by atoms with Crippen LogP contribution in [0.25, 0.3) is 0 Å². The van der Waals surface area contributed by atoms with Gasteiger partial charge in [0, 0.05) is 25.4 Å². The largest absolute Gasteiger partial charge is 0.468 e. The first kappa shape index (κ1) is 11.0. The van der Waals surface area contributed by atoms with Gasteiger partial charge in [-0.25, -0.2) is 0 Å². The fourth-order valence-corrected chi connectivity index (χ4v) is 1.72. The first-order chi connectivity index (χ1) is 7.66. The Hall–Kier alpha value is -1.55. The maximum atomic E-state index is 5.34. The van der Waals surface area contributed by atoms with Gasteiger partial charge in [0.05, 0.1) is 18.0 Å². The van der Waals surface area contributed by atoms with Crippen LogP contribution in [0.1, 0.15) is 30.0 Å². The van der Waals surface area contributed by atoms with Gasteiger partial charge in [0.2, 0.25) is 0 Å². The summed E-state index contributed by atoms with van der Waals surface area (Å²) < 4.78 is 7.17. The Bertz CT molecular complexity index is 445. The van der Waals surface area contributed by atoms with Crippen molar-refractivity contribution in [2.75, 3.05) is 0 Å². The molecule has 0 aromatic carbocycles. The zero-order valence-electron chi connectivity index (χ0n) is 9.90. The maximum absolute atomic E-state index is 5.34. The van der Waals surface area contributed by atoms with E-state index in [2.05, 4.69) is 17.3 Å². The van der Waals surface area contributed by atoms with Crippen LogP contribution in [0.3, 0.4) is 0 Å². The van der Waals surface area contributed by atoms with Crippen LogP contribution < -0.4 is 5.32 Å². The van der Waals surface area contributed by atoms with Gasteiger partial charge in [-0.05, 0) is 26.0 Å². The van der Waals surface area contributed by atoms with Gasteiger partial charge in [0.15, 0.2) is 0 Å². The molecule has 0 amide bonds. The molecule has 2 aromatic heterocycles. The van der Waals surface area contributed by atoms with Gasteiger partial charge in [-0.2, -0.15) is 5.10 Å². The van der Waals surface area contributed by atoms with Crippen LogP contribution in [-0.4, -0.2) is 9.78 Å². The van der Waals surface area contributed by atoms with Crippen LogP contribution in [0.4, 0.5) is 0 Å². The first-order valence-corrected chi connectivity index (χ1v) is 5.42. The Morgan fingerprint density at radius 3 is 2.94 bits per heavy atom. The third-order valence-electron chi connectivity index (χ3n) is 2.68. The number of nitrogens with zero attached hydrogens (tertiary/aromatic N) is 2. The van der Waals surface area contributed by atoms with Gasteiger partial charge in [-0.1, -0.05) is 0 Å². The highest BCUT2D eigenvalue weighted by Gasteiger charge is 2.09. The SMILES string of the molecule is Cc1nn(C)cc1CN[C@@H](C)c1ccco1. The summed E-state index contributed by atoms with van der Waals surface area (Å²) in [6, 6.07) is 4.10. The maximum Gasteiger partial charge on any atom is 0.120 e. The summed E-state index contributed by atoms with van der Waals surface area (Å²) in [6.45, 7) is 4.92. The van der Waals surface area contributed by atoms with Gasteiger partial charge in [0.25, 0.3) is 0 Å². The van der Waals surface area contributed by atoms with E-state index in [9.17, 15) is 0 Å². The van der Waals surface area contributed by atoms with Crippen molar-refractivity contribution in [3.63, 3.8) is 0 Å². The molecule has 2 rings (SSSR count). The molecule has 0 spiro atoms. The lowest BCUT2D eigenvalue weighted by molar-refractivity contribution is 0.430. The minimum Gasteiger partial charge on any atom is -0.468 e. The van der Waals surface area contributed by atoms with Crippen LogP contribution in [0, 0.1) is 6.92 Å². The molecule has 0 aliphatic carbocycles. The molecule has 0 fully saturated rings. The van der Waals surface area contributed by atoms with E-state index >= 15 is 0 Å². The van der Waals surface area contributed by atoms with Crippen LogP contribution in [0.5, 0.6) is 0 Å². The molecule has 2 heterocycles. The van der Waals surface area contributed by atoms with E-state index in [1.54, 1.807) is 6.26 Å². The molecule has 1 atom stereocenters. The molecule has 0 aliphatic heterocycles. The summed E-state index contributed by atoms with van der Waals surface area (Å²) >= 11 is 0. The van der Waals surface area contributed by atoms with Gasteiger partial charge in [-0.3, -0.25) is 4.68 Å². The number of nitrogens with one attached hydrogen (secondary N) is 1. The van der Waals surface area contributed by atoms with Crippen LogP contribution in [0.15, 0.2) is 29.0 Å². The Kier molecular flexibility index (Phi) is 3.10. The molecule has 0 bridgehead atoms. The standard InChI is InChI=1S/C12H17N3O/c1-9-11(8-15(3)14-9)7-13-10(2)12-5-4-6-16-12/h4-6,8,10,13H,7H2,1-3H3/t10-/m0/s1. The molecule has 2 aromatic rings. The lowest BCUT2D eigenvalue weighted by atomic mass is 10.2. The van der Waals surface area contributed by atoms with Crippen molar-refractivity contribution < 1.29 is 4.42 Å². The zero-order valence-corrected chi connectivity index (χ0v) is 9.90. The van der Waals surface area contributed by atoms with Gasteiger partial charge in [-0.15, -0.1) is 0 Å². The van der Waals surface area contributed by atoms with Crippen molar-refractivity contribution >= 4 is 0 Å². The number of rotatable bonds is 4. The molecule has 4 nitrogen and oxygen atoms in total. The minimum atomic E-state index is 0.217. The molecule has 86 valence electrons. The normalized spacial score (nSPS) is 12.9. The van der Waals surface area contributed by atoms with Crippen molar-refractivity contribution in [1.29, 1.82) is 0 Å². The molecule has 1 N–H and O–H groups in total. The number of hydrogen-bond donors (Lipinski definition) is 1. The second kappa shape index (κ2) is 4.53. The van der Waals surface area contributed by atoms with E-state index in [0.29, 0.717) is 0 Å². The summed E-state index contributed by atoms with van der Waals surface area (Å²) in [5.41, 5.74) is 2.29. The smallest absolute Gasteiger partial charge is 0.120 e. The molecule has 16 heavy (non-hydrogen) atoms. The summed E-state index contributed by atoms with van der Waals surface area (Å²) in [7, 11) is 1.94. The second-order valence-corrected chi connectivity index (χ2v) is 4.03. The summed E-state index contributed by atoms with van der Waals surface area (Å²) in [5.74, 6) is 0.960. The van der Waals surface area contributed by atoms with E-state index in [0.717, 1.165) is 18.0 Å². The number of aryl methyl sites for hydroxylation is 2. The number of aromatic nitrogens is 2. The molecule has 0 unspecified atom stereocenters. The van der Waals surface area contributed by atoms with Crippen molar-refractivity contribution in [1.82, 2.24) is 15.1 Å². The Morgan fingerprint density at radius 2 is 2.38 bits per heavy atom. The average molecular weight is 219 g/mol. The topological polar surface area (TPSA) is 43.0 Å². The Labute approximate surface area is 95.3 Å². The van der Waals surface area contributed by atoms with Crippen molar-refractivity contribution in [3.8, 4) is 0 Å². The molecular formula is C12H17N3O. The van der Waals surface area contributed by atoms with E-state index in [1.807, 2.05) is 37.0 Å². The summed E-state index contributed by atoms with van der Waals surface area (Å²) in [4.78, 5) is 0. The zero-order chi connectivity index (χ0) is 11.5. The van der Waals surface area contributed by atoms with Gasteiger partial charge < -0.3 is 9.73 Å². The van der Waals surface area contributed by atoms with Gasteiger partial charge in [0.1, 0.15) is 5.76 Å². The monoisotopic (exact) mass is 219 g/mol. The highest BCUT2D eigenvalue weighted by Crippen LogP contribution is 2.13. The lowest BCUT2D eigenvalue weighted by Gasteiger charge is -2.10. The number of furan rings is 1. The van der Waals surface area contributed by atoms with E-state index in [4.69, 9.17) is 4.42 Å². The Balaban J connectivity index is 1.95. The average Bonchev–Trinajstić information content (AvgIpc) is 2.84. The third-order valence-corrected chi connectivity index (χ3v) is 2.68. The summed E-state index contributed by atoms with van der Waals surface area (Å²) in [5, 5.41) is 7.71. The van der Waals surface area contributed by atoms with Crippen LogP contribution in [0.2, 0.25) is 0 Å². The number of hydrogen-bond acceptors (Lipinski definition) is 3. The molecular weight excluding hydrogens is 202 g/mol. The second-order valence-electron chi connectivity index (χ2n) is 4.03. The third kappa shape index (κ3) is 2.33.